The molecule has 4 rings (SSSR count). The van der Waals surface area contributed by atoms with Crippen molar-refractivity contribution in [2.24, 2.45) is 5.92 Å². The predicted molar refractivity (Wildman–Crippen MR) is 140 cm³/mol. The van der Waals surface area contributed by atoms with Crippen molar-refractivity contribution < 1.29 is 24.2 Å². The van der Waals surface area contributed by atoms with Gasteiger partial charge < -0.3 is 30.3 Å². The van der Waals surface area contributed by atoms with E-state index in [2.05, 4.69) is 32.5 Å². The van der Waals surface area contributed by atoms with E-state index in [0.717, 1.165) is 6.42 Å². The Bertz CT molecular complexity index is 1400. The number of likely N-dealkylation sites (tertiary alicyclic amines) is 1. The van der Waals surface area contributed by atoms with Crippen LogP contribution < -0.4 is 20.3 Å². The third kappa shape index (κ3) is 6.32. The molecule has 2 atom stereocenters. The van der Waals surface area contributed by atoms with Gasteiger partial charge in [0.15, 0.2) is 5.65 Å². The van der Waals surface area contributed by atoms with Crippen molar-refractivity contribution >= 4 is 40.6 Å². The number of piperidine rings is 1. The second-order valence-electron chi connectivity index (χ2n) is 9.13. The maximum absolute atomic E-state index is 13.1. The molecule has 0 bridgehead atoms. The number of nitrogens with zero attached hydrogens (tertiary/aromatic N) is 7. The molecule has 3 amide bonds. The van der Waals surface area contributed by atoms with Gasteiger partial charge >= 0.3 is 12.1 Å². The maximum Gasteiger partial charge on any atom is 0.404 e. The number of carboxylic acid groups (broad SMARTS) is 1. The number of carbonyl (C=O) groups excluding carboxylic acids is 2. The topological polar surface area (TPSA) is 179 Å². The zero-order valence-electron chi connectivity index (χ0n) is 21.6. The summed E-state index contributed by atoms with van der Waals surface area (Å²) in [7, 11) is 1.91. The van der Waals surface area contributed by atoms with E-state index in [-0.39, 0.29) is 43.3 Å². The lowest BCUT2D eigenvalue weighted by Crippen LogP contribution is -2.52. The molecule has 3 N–H and O–H groups in total. The van der Waals surface area contributed by atoms with Crippen LogP contribution in [-0.4, -0.2) is 86.9 Å². The summed E-state index contributed by atoms with van der Waals surface area (Å²) in [5.74, 6) is 0.958. The second-order valence-corrected chi connectivity index (χ2v) is 9.13. The van der Waals surface area contributed by atoms with Crippen molar-refractivity contribution in [3.63, 3.8) is 0 Å². The Balaban J connectivity index is 1.49. The van der Waals surface area contributed by atoms with E-state index >= 15 is 0 Å². The van der Waals surface area contributed by atoms with Crippen LogP contribution in [0.15, 0.2) is 36.9 Å². The number of likely N-dealkylation sites (N-methyl/N-ethyl adjacent to an activating group) is 1. The van der Waals surface area contributed by atoms with Crippen LogP contribution in [-0.2, 0) is 4.79 Å². The van der Waals surface area contributed by atoms with Crippen LogP contribution in [0, 0.1) is 17.2 Å². The van der Waals surface area contributed by atoms with Gasteiger partial charge in [-0.1, -0.05) is 6.92 Å². The number of rotatable bonds is 8. The van der Waals surface area contributed by atoms with Crippen LogP contribution in [0.4, 0.5) is 21.1 Å². The fourth-order valence-corrected chi connectivity index (χ4v) is 4.56. The van der Waals surface area contributed by atoms with Crippen molar-refractivity contribution in [2.45, 2.75) is 25.8 Å². The van der Waals surface area contributed by atoms with E-state index in [9.17, 15) is 14.4 Å². The summed E-state index contributed by atoms with van der Waals surface area (Å²) in [6, 6.07) is 6.34. The summed E-state index contributed by atoms with van der Waals surface area (Å²) in [5.41, 5.74) is 0.845. The molecule has 14 heteroatoms. The van der Waals surface area contributed by atoms with Gasteiger partial charge in [0.05, 0.1) is 24.0 Å². The van der Waals surface area contributed by atoms with Gasteiger partial charge in [-0.05, 0) is 24.5 Å². The Hall–Kier alpha value is -4.93. The van der Waals surface area contributed by atoms with E-state index in [1.807, 2.05) is 18.0 Å². The Morgan fingerprint density at radius 3 is 2.87 bits per heavy atom. The van der Waals surface area contributed by atoms with Crippen LogP contribution in [0.25, 0.3) is 11.0 Å². The molecule has 0 aromatic carbocycles. The molecule has 14 nitrogen and oxygen atoms in total. The number of anilines is 2. The Labute approximate surface area is 224 Å². The fraction of sp³-hybridized carbons (Fsp3) is 0.400. The predicted octanol–water partition coefficient (Wildman–Crippen LogP) is 2.14. The lowest BCUT2D eigenvalue weighted by molar-refractivity contribution is -0.131. The lowest BCUT2D eigenvalue weighted by atomic mass is 9.92. The summed E-state index contributed by atoms with van der Waals surface area (Å²) in [4.78, 5) is 52.6. The minimum absolute atomic E-state index is 0.0300. The molecule has 204 valence electrons. The molecule has 39 heavy (non-hydrogen) atoms. The highest BCUT2D eigenvalue weighted by atomic mass is 16.5. The van der Waals surface area contributed by atoms with Gasteiger partial charge in [0, 0.05) is 44.3 Å². The van der Waals surface area contributed by atoms with E-state index < -0.39 is 12.1 Å². The molecule has 4 heterocycles. The van der Waals surface area contributed by atoms with Gasteiger partial charge in [0.2, 0.25) is 11.8 Å². The molecule has 1 aliphatic heterocycles. The fourth-order valence-electron chi connectivity index (χ4n) is 4.56. The van der Waals surface area contributed by atoms with Crippen molar-refractivity contribution in [3.8, 4) is 11.9 Å². The van der Waals surface area contributed by atoms with Crippen LogP contribution >= 0.6 is 0 Å². The average molecular weight is 536 g/mol. The monoisotopic (exact) mass is 535 g/mol. The Kier molecular flexibility index (Phi) is 8.40. The van der Waals surface area contributed by atoms with E-state index in [1.165, 1.54) is 23.2 Å². The number of hydrogen-bond donors (Lipinski definition) is 3. The number of aromatic nitrogens is 4. The highest BCUT2D eigenvalue weighted by Gasteiger charge is 2.33. The molecule has 0 radical (unpaired) electrons. The SMILES string of the molecule is C[C@@H]1CCN(C(=O)CC#N)C[C@@H]1N(C)c1ncnc2c1ccn2C(=O)Nc1ccnc(OCCNC(=O)O)c1. The normalized spacial score (nSPS) is 16.8. The lowest BCUT2D eigenvalue weighted by Gasteiger charge is -2.42. The number of pyridine rings is 1. The van der Waals surface area contributed by atoms with Crippen LogP contribution in [0.1, 0.15) is 19.8 Å². The second kappa shape index (κ2) is 12.1. The van der Waals surface area contributed by atoms with Gasteiger partial charge in [-0.3, -0.25) is 9.36 Å². The van der Waals surface area contributed by atoms with Crippen LogP contribution in [0.5, 0.6) is 5.88 Å². The highest BCUT2D eigenvalue weighted by molar-refractivity contribution is 6.00. The summed E-state index contributed by atoms with van der Waals surface area (Å²) >= 11 is 0. The summed E-state index contributed by atoms with van der Waals surface area (Å²) in [6.07, 6.45) is 3.98. The van der Waals surface area contributed by atoms with Gasteiger partial charge in [-0.2, -0.15) is 5.26 Å². The molecule has 1 saturated heterocycles. The van der Waals surface area contributed by atoms with Crippen LogP contribution in [0.3, 0.4) is 0 Å². The molecule has 3 aromatic heterocycles. The van der Waals surface area contributed by atoms with Crippen molar-refractivity contribution in [1.82, 2.24) is 29.7 Å². The number of hydrogen-bond acceptors (Lipinski definition) is 9. The quantitative estimate of drug-likeness (QED) is 0.362. The molecule has 1 aliphatic rings. The highest BCUT2D eigenvalue weighted by Crippen LogP contribution is 2.30. The zero-order chi connectivity index (χ0) is 27.9. The number of nitrogens with one attached hydrogen (secondary N) is 2. The Morgan fingerprint density at radius 1 is 1.28 bits per heavy atom. The number of fused-ring (bicyclic) bond motifs is 1. The average Bonchev–Trinajstić information content (AvgIpc) is 3.36. The van der Waals surface area contributed by atoms with E-state index in [0.29, 0.717) is 35.6 Å². The van der Waals surface area contributed by atoms with E-state index in [4.69, 9.17) is 15.1 Å². The number of amides is 3. The third-order valence-electron chi connectivity index (χ3n) is 6.63. The number of nitriles is 1. The van der Waals surface area contributed by atoms with Gasteiger partial charge in [0.1, 0.15) is 25.2 Å². The first-order chi connectivity index (χ1) is 18.8. The van der Waals surface area contributed by atoms with Crippen molar-refractivity contribution in [2.75, 3.05) is 43.5 Å². The first-order valence-electron chi connectivity index (χ1n) is 12.3. The molecule has 0 aliphatic carbocycles. The minimum atomic E-state index is -1.15. The Morgan fingerprint density at radius 2 is 2.10 bits per heavy atom. The molecule has 0 unspecified atom stereocenters. The van der Waals surface area contributed by atoms with Gasteiger partial charge in [-0.15, -0.1) is 0 Å². The van der Waals surface area contributed by atoms with Gasteiger partial charge in [0.25, 0.3) is 0 Å². The zero-order valence-corrected chi connectivity index (χ0v) is 21.6. The van der Waals surface area contributed by atoms with Crippen molar-refractivity contribution in [1.29, 1.82) is 5.26 Å². The molecule has 0 saturated carbocycles. The van der Waals surface area contributed by atoms with Crippen LogP contribution in [0.2, 0.25) is 0 Å². The molecule has 0 spiro atoms. The van der Waals surface area contributed by atoms with E-state index in [1.54, 1.807) is 23.2 Å². The summed E-state index contributed by atoms with van der Waals surface area (Å²) in [5, 5.41) is 23.2. The first kappa shape index (κ1) is 27.1. The van der Waals surface area contributed by atoms with Gasteiger partial charge in [-0.25, -0.2) is 24.5 Å². The standard InChI is InChI=1S/C25H29N9O5/c1-16-5-10-33(21(35)3-7-26)14-19(16)32(2)22-18-6-11-34(23(18)30-15-29-22)24(36)31-17-4-8-27-20(13-17)39-12-9-28-25(37)38/h4,6,8,11,13,15-16,19,28H,3,5,9-10,12,14H2,1-2H3,(H,37,38)(H,27,31,36)/t16-,19+/m1/s1. The van der Waals surface area contributed by atoms with Crippen molar-refractivity contribution in [3.05, 3.63) is 36.9 Å². The minimum Gasteiger partial charge on any atom is -0.476 e. The number of ether oxygens (including phenoxy) is 1. The maximum atomic E-state index is 13.1. The third-order valence-corrected chi connectivity index (χ3v) is 6.63. The summed E-state index contributed by atoms with van der Waals surface area (Å²) in [6.45, 7) is 3.38. The smallest absolute Gasteiger partial charge is 0.404 e. The first-order valence-corrected chi connectivity index (χ1v) is 12.3. The molecule has 1 fully saturated rings. The summed E-state index contributed by atoms with van der Waals surface area (Å²) < 4.78 is 6.80. The molecule has 3 aromatic rings. The number of carbonyl (C=O) groups is 3. The molecular weight excluding hydrogens is 506 g/mol. The largest absolute Gasteiger partial charge is 0.476 e. The molecular formula is C25H29N9O5.